The van der Waals surface area contributed by atoms with Crippen molar-refractivity contribution in [1.29, 1.82) is 0 Å². The van der Waals surface area contributed by atoms with Crippen LogP contribution in [0.3, 0.4) is 0 Å². The van der Waals surface area contributed by atoms with Gasteiger partial charge in [-0.15, -0.1) is 15.2 Å². The summed E-state index contributed by atoms with van der Waals surface area (Å²) in [5.41, 5.74) is 9.18. The van der Waals surface area contributed by atoms with Crippen molar-refractivity contribution in [2.24, 2.45) is 10.1 Å². The van der Waals surface area contributed by atoms with Crippen LogP contribution in [-0.2, 0) is 25.7 Å². The number of rotatable bonds is 16. The summed E-state index contributed by atoms with van der Waals surface area (Å²) < 4.78 is 10.1. The summed E-state index contributed by atoms with van der Waals surface area (Å²) in [7, 11) is 0. The number of hydrazone groups is 1. The smallest absolute Gasteiger partial charge is 0.433 e. The number of hydrogen-bond donors (Lipinski definition) is 2. The molecule has 1 fully saturated rings. The molecule has 0 atom stereocenters. The van der Waals surface area contributed by atoms with Crippen molar-refractivity contribution in [3.63, 3.8) is 0 Å². The highest BCUT2D eigenvalue weighted by atomic mass is 32.2. The Morgan fingerprint density at radius 2 is 1.80 bits per heavy atom. The molecule has 1 aliphatic carbocycles. The molecule has 3 aliphatic rings. The minimum atomic E-state index is -0.850. The van der Waals surface area contributed by atoms with Crippen molar-refractivity contribution in [2.75, 3.05) is 31.5 Å². The Bertz CT molecular complexity index is 1450. The topological polar surface area (TPSA) is 160 Å². The first-order chi connectivity index (χ1) is 22.4. The lowest BCUT2D eigenvalue weighted by Crippen LogP contribution is -2.43. The van der Waals surface area contributed by atoms with E-state index < -0.39 is 16.8 Å². The number of amides is 1. The molecule has 2 heterocycles. The van der Waals surface area contributed by atoms with Crippen LogP contribution in [0.2, 0.25) is 0 Å². The Labute approximate surface area is 271 Å². The lowest BCUT2D eigenvalue weighted by Gasteiger charge is -2.23. The first kappa shape index (κ1) is 33.0. The molecule has 2 N–H and O–H groups in total. The van der Waals surface area contributed by atoms with Crippen LogP contribution in [0.4, 0.5) is 4.79 Å². The first-order valence-electron chi connectivity index (χ1n) is 15.5. The number of aliphatic imine (C=N–C) groups is 1. The zero-order valence-corrected chi connectivity index (χ0v) is 26.6. The van der Waals surface area contributed by atoms with E-state index in [1.165, 1.54) is 16.9 Å². The van der Waals surface area contributed by atoms with Gasteiger partial charge in [0.05, 0.1) is 6.54 Å². The molecule has 0 bridgehead atoms. The summed E-state index contributed by atoms with van der Waals surface area (Å²) in [6.07, 6.45) is 5.86. The van der Waals surface area contributed by atoms with E-state index >= 15 is 0 Å². The van der Waals surface area contributed by atoms with Gasteiger partial charge in [0.2, 0.25) is 0 Å². The zero-order valence-electron chi connectivity index (χ0n) is 25.8. The van der Waals surface area contributed by atoms with Crippen LogP contribution < -0.4 is 11.0 Å². The molecule has 2 aliphatic heterocycles. The van der Waals surface area contributed by atoms with Crippen LogP contribution in [0, 0.1) is 10.1 Å². The normalized spacial score (nSPS) is 17.0. The number of nitrogens with zero attached hydrogens (tertiary/aromatic N) is 5. The quantitative estimate of drug-likeness (QED) is 0.112. The Morgan fingerprint density at radius 1 is 1.07 bits per heavy atom. The second kappa shape index (κ2) is 15.8. The average Bonchev–Trinajstić information content (AvgIpc) is 3.80. The maximum Gasteiger partial charge on any atom is 0.509 e. The third-order valence-corrected chi connectivity index (χ3v) is 8.89. The molecule has 0 aromatic heterocycles. The van der Waals surface area contributed by atoms with Gasteiger partial charge in [-0.05, 0) is 36.0 Å². The molecular weight excluding hydrogens is 614 g/mol. The van der Waals surface area contributed by atoms with Crippen molar-refractivity contribution in [3.05, 3.63) is 69.8 Å². The molecule has 15 heteroatoms. The van der Waals surface area contributed by atoms with Crippen molar-refractivity contribution >= 4 is 35.5 Å². The van der Waals surface area contributed by atoms with Crippen LogP contribution >= 0.6 is 11.8 Å². The number of carbonyl (C=O) groups excluding carboxylic acids is 2. The molecule has 0 unspecified atom stereocenters. The summed E-state index contributed by atoms with van der Waals surface area (Å²) >= 11 is 1.36. The van der Waals surface area contributed by atoms with Gasteiger partial charge in [-0.1, -0.05) is 79.8 Å². The number of thioether (sulfide) groups is 1. The number of nitrogens with one attached hydrogen (secondary N) is 2. The molecule has 2 aromatic rings. The van der Waals surface area contributed by atoms with Gasteiger partial charge in [-0.2, -0.15) is 11.8 Å². The Hall–Kier alpha value is -4.37. The number of hydrogen-bond acceptors (Lipinski definition) is 13. The van der Waals surface area contributed by atoms with Gasteiger partial charge in [0.15, 0.2) is 12.6 Å². The summed E-state index contributed by atoms with van der Waals surface area (Å²) in [6.45, 7) is 2.57. The third-order valence-electron chi connectivity index (χ3n) is 7.98. The van der Waals surface area contributed by atoms with Crippen molar-refractivity contribution in [3.8, 4) is 11.1 Å². The summed E-state index contributed by atoms with van der Waals surface area (Å²) in [5, 5.41) is 15.0. The number of ether oxygens (including phenoxy) is 2. The van der Waals surface area contributed by atoms with Gasteiger partial charge in [0.1, 0.15) is 24.6 Å². The second-order valence-electron chi connectivity index (χ2n) is 11.1. The van der Waals surface area contributed by atoms with E-state index in [0.717, 1.165) is 73.0 Å². The van der Waals surface area contributed by atoms with E-state index in [9.17, 15) is 19.7 Å². The molecule has 5 rings (SSSR count). The average molecular weight is 654 g/mol. The number of benzene rings is 2. The van der Waals surface area contributed by atoms with Crippen LogP contribution in [0.1, 0.15) is 63.0 Å². The van der Waals surface area contributed by atoms with Crippen molar-refractivity contribution in [1.82, 2.24) is 21.0 Å². The molecule has 0 saturated heterocycles. The van der Waals surface area contributed by atoms with Gasteiger partial charge in [0, 0.05) is 23.5 Å². The van der Waals surface area contributed by atoms with E-state index in [-0.39, 0.29) is 25.9 Å². The van der Waals surface area contributed by atoms with Gasteiger partial charge < -0.3 is 14.3 Å². The van der Waals surface area contributed by atoms with E-state index in [1.54, 1.807) is 0 Å². The monoisotopic (exact) mass is 653 g/mol. The fourth-order valence-corrected chi connectivity index (χ4v) is 6.29. The van der Waals surface area contributed by atoms with E-state index in [4.69, 9.17) is 14.5 Å². The Kier molecular flexibility index (Phi) is 11.3. The molecule has 14 nitrogen and oxygen atoms in total. The minimum Gasteiger partial charge on any atom is -0.433 e. The highest BCUT2D eigenvalue weighted by molar-refractivity contribution is 7.99. The maximum absolute atomic E-state index is 13.5. The molecule has 1 saturated carbocycles. The largest absolute Gasteiger partial charge is 0.509 e. The van der Waals surface area contributed by atoms with Crippen LogP contribution in [0.25, 0.3) is 11.1 Å². The number of carbonyl (C=O) groups is 2. The standard InChI is InChI=1S/C31H39N7O7S/c1-2-3-10-27-32-31(15-6-7-16-31)29(39)36(27)21-23-11-13-24(14-12-23)25-8-4-5-9-26(25)28-33-35-37(34-28)22-44-30(40)43-17-19-46-20-18-45-38(41)42/h4-5,8-9,11-14,35H,2-3,6-7,10,15-22H2,1H3,(H,33,34). The van der Waals surface area contributed by atoms with Crippen LogP contribution in [-0.4, -0.2) is 75.8 Å². The fourth-order valence-electron chi connectivity index (χ4n) is 5.70. The van der Waals surface area contributed by atoms with Gasteiger partial charge in [-0.25, -0.2) is 10.3 Å². The van der Waals surface area contributed by atoms with Gasteiger partial charge in [0.25, 0.3) is 11.0 Å². The van der Waals surface area contributed by atoms with Crippen molar-refractivity contribution < 1.29 is 29.0 Å². The Balaban J connectivity index is 1.13. The third kappa shape index (κ3) is 8.26. The van der Waals surface area contributed by atoms with Gasteiger partial charge in [-0.3, -0.25) is 20.1 Å². The molecular formula is C31H39N7O7S. The molecule has 1 spiro atoms. The predicted octanol–water partition coefficient (Wildman–Crippen LogP) is 4.64. The molecule has 46 heavy (non-hydrogen) atoms. The van der Waals surface area contributed by atoms with E-state index in [0.29, 0.717) is 23.9 Å². The van der Waals surface area contributed by atoms with Gasteiger partial charge >= 0.3 is 6.16 Å². The first-order valence-corrected chi connectivity index (χ1v) is 16.7. The lowest BCUT2D eigenvalue weighted by molar-refractivity contribution is -0.756. The van der Waals surface area contributed by atoms with Crippen LogP contribution in [0.15, 0.2) is 58.6 Å². The molecule has 246 valence electrons. The molecule has 0 radical (unpaired) electrons. The summed E-state index contributed by atoms with van der Waals surface area (Å²) in [4.78, 5) is 46.7. The lowest BCUT2D eigenvalue weighted by atomic mass is 9.97. The second-order valence-corrected chi connectivity index (χ2v) is 12.4. The van der Waals surface area contributed by atoms with Crippen LogP contribution in [0.5, 0.6) is 0 Å². The highest BCUT2D eigenvalue weighted by Gasteiger charge is 2.49. The predicted molar refractivity (Wildman–Crippen MR) is 173 cm³/mol. The number of unbranched alkanes of at least 4 members (excludes halogenated alkanes) is 1. The Morgan fingerprint density at radius 3 is 2.54 bits per heavy atom. The van der Waals surface area contributed by atoms with E-state index in [1.807, 2.05) is 29.2 Å². The fraction of sp³-hybridized carbons (Fsp3) is 0.484. The minimum absolute atomic E-state index is 0.0255. The highest BCUT2D eigenvalue weighted by Crippen LogP contribution is 2.40. The summed E-state index contributed by atoms with van der Waals surface area (Å²) in [5.74, 6) is 2.49. The maximum atomic E-state index is 13.5. The molecule has 2 aromatic carbocycles. The zero-order chi connectivity index (χ0) is 32.4. The van der Waals surface area contributed by atoms with Crippen molar-refractivity contribution in [2.45, 2.75) is 64.0 Å². The number of hydrazine groups is 2. The van der Waals surface area contributed by atoms with E-state index in [2.05, 4.69) is 52.1 Å². The summed E-state index contributed by atoms with van der Waals surface area (Å²) in [6, 6.07) is 16.1. The number of amidine groups is 2. The molecule has 1 amide bonds. The SMILES string of the molecule is CCCCC1=NC2(CCCC2)C(=O)N1Cc1ccc(-c2ccccc2C2=NNN(COC(=O)OCCSCCO[N+](=O)[O-])N2)cc1.